The molecule has 5 nitrogen and oxygen atoms in total. The molecule has 2 aromatic rings. The van der Waals surface area contributed by atoms with Crippen molar-refractivity contribution in [2.24, 2.45) is 5.73 Å². The number of imidazole rings is 1. The maximum Gasteiger partial charge on any atom is 0.173 e. The summed E-state index contributed by atoms with van der Waals surface area (Å²) in [6.45, 7) is 3.91. The zero-order valence-corrected chi connectivity index (χ0v) is 10.5. The Morgan fingerprint density at radius 1 is 1.47 bits per heavy atom. The largest absolute Gasteiger partial charge is 0.387 e. The molecular weight excluding hydrogens is 234 g/mol. The predicted molar refractivity (Wildman–Crippen MR) is 69.2 cm³/mol. The van der Waals surface area contributed by atoms with Gasteiger partial charge in [-0.25, -0.2) is 15.0 Å². The lowest BCUT2D eigenvalue weighted by Gasteiger charge is -2.08. The van der Waals surface area contributed by atoms with Gasteiger partial charge < -0.3 is 5.73 Å². The summed E-state index contributed by atoms with van der Waals surface area (Å²) in [5, 5.41) is 0. The third kappa shape index (κ3) is 2.31. The highest BCUT2D eigenvalue weighted by atomic mass is 32.1. The second-order valence-electron chi connectivity index (χ2n) is 3.60. The Hall–Kier alpha value is -1.82. The number of aryl methyl sites for hydroxylation is 2. The van der Waals surface area contributed by atoms with Crippen LogP contribution < -0.4 is 5.73 Å². The molecule has 2 aromatic heterocycles. The van der Waals surface area contributed by atoms with Gasteiger partial charge >= 0.3 is 0 Å². The van der Waals surface area contributed by atoms with Gasteiger partial charge in [-0.05, 0) is 13.3 Å². The molecule has 88 valence electrons. The Balaban J connectivity index is 2.56. The van der Waals surface area contributed by atoms with Crippen LogP contribution in [0.5, 0.6) is 0 Å². The lowest BCUT2D eigenvalue weighted by atomic mass is 10.3. The van der Waals surface area contributed by atoms with Crippen LogP contribution in [0.15, 0.2) is 18.5 Å². The van der Waals surface area contributed by atoms with Crippen molar-refractivity contribution in [3.05, 3.63) is 35.8 Å². The molecule has 17 heavy (non-hydrogen) atoms. The smallest absolute Gasteiger partial charge is 0.173 e. The van der Waals surface area contributed by atoms with Crippen LogP contribution in [0, 0.1) is 6.92 Å². The minimum atomic E-state index is 0.254. The van der Waals surface area contributed by atoms with Gasteiger partial charge in [-0.3, -0.25) is 4.57 Å². The fourth-order valence-electron chi connectivity index (χ4n) is 1.59. The Morgan fingerprint density at radius 2 is 2.24 bits per heavy atom. The molecule has 0 saturated carbocycles. The number of thiocarbonyl (C=S) groups is 1. The molecule has 0 aliphatic rings. The van der Waals surface area contributed by atoms with E-state index in [1.54, 1.807) is 17.0 Å². The topological polar surface area (TPSA) is 69.6 Å². The normalized spacial score (nSPS) is 10.5. The summed E-state index contributed by atoms with van der Waals surface area (Å²) in [6, 6.07) is 1.91. The molecule has 0 fully saturated rings. The second-order valence-corrected chi connectivity index (χ2v) is 4.04. The molecule has 0 amide bonds. The molecule has 0 aliphatic carbocycles. The van der Waals surface area contributed by atoms with Crippen molar-refractivity contribution in [2.45, 2.75) is 20.3 Å². The van der Waals surface area contributed by atoms with Gasteiger partial charge in [-0.2, -0.15) is 0 Å². The molecule has 0 aromatic carbocycles. The van der Waals surface area contributed by atoms with E-state index < -0.39 is 0 Å². The quantitative estimate of drug-likeness (QED) is 0.824. The Labute approximate surface area is 105 Å². The van der Waals surface area contributed by atoms with Gasteiger partial charge in [0.05, 0.1) is 0 Å². The van der Waals surface area contributed by atoms with Gasteiger partial charge in [0.2, 0.25) is 0 Å². The summed E-state index contributed by atoms with van der Waals surface area (Å²) in [6.07, 6.45) is 4.29. The number of aromatic nitrogens is 4. The van der Waals surface area contributed by atoms with Crippen molar-refractivity contribution in [3.63, 3.8) is 0 Å². The first kappa shape index (κ1) is 11.7. The Kier molecular flexibility index (Phi) is 3.14. The number of nitrogens with zero attached hydrogens (tertiary/aromatic N) is 4. The molecule has 2 rings (SSSR count). The van der Waals surface area contributed by atoms with Crippen molar-refractivity contribution in [1.29, 1.82) is 0 Å². The highest BCUT2D eigenvalue weighted by molar-refractivity contribution is 7.80. The summed E-state index contributed by atoms with van der Waals surface area (Å²) >= 11 is 4.95. The number of rotatable bonds is 3. The summed E-state index contributed by atoms with van der Waals surface area (Å²) in [5.41, 5.74) is 6.59. The Bertz CT molecular complexity index is 561. The van der Waals surface area contributed by atoms with Crippen molar-refractivity contribution in [1.82, 2.24) is 19.5 Å². The van der Waals surface area contributed by atoms with Crippen molar-refractivity contribution in [3.8, 4) is 5.82 Å². The molecule has 0 radical (unpaired) electrons. The molecule has 0 spiro atoms. The van der Waals surface area contributed by atoms with Crippen molar-refractivity contribution in [2.75, 3.05) is 0 Å². The van der Waals surface area contributed by atoms with E-state index in [4.69, 9.17) is 18.0 Å². The highest BCUT2D eigenvalue weighted by Gasteiger charge is 2.09. The molecule has 0 saturated heterocycles. The van der Waals surface area contributed by atoms with E-state index in [2.05, 4.69) is 15.0 Å². The Morgan fingerprint density at radius 3 is 2.88 bits per heavy atom. The van der Waals surface area contributed by atoms with E-state index in [0.717, 1.165) is 23.8 Å². The maximum atomic E-state index is 5.61. The third-order valence-electron chi connectivity index (χ3n) is 2.35. The summed E-state index contributed by atoms with van der Waals surface area (Å²) in [5.74, 6) is 2.01. The molecule has 0 aliphatic heterocycles. The first-order valence-electron chi connectivity index (χ1n) is 5.30. The molecule has 2 N–H and O–H groups in total. The van der Waals surface area contributed by atoms with Crippen LogP contribution in [0.25, 0.3) is 5.82 Å². The summed E-state index contributed by atoms with van der Waals surface area (Å²) in [7, 11) is 0. The van der Waals surface area contributed by atoms with Crippen LogP contribution >= 0.6 is 12.2 Å². The minimum absolute atomic E-state index is 0.254. The van der Waals surface area contributed by atoms with Crippen LogP contribution in [0.4, 0.5) is 0 Å². The lowest BCUT2D eigenvalue weighted by molar-refractivity contribution is 0.887. The van der Waals surface area contributed by atoms with Crippen molar-refractivity contribution < 1.29 is 0 Å². The van der Waals surface area contributed by atoms with E-state index in [-0.39, 0.29) is 4.99 Å². The summed E-state index contributed by atoms with van der Waals surface area (Å²) < 4.78 is 1.77. The van der Waals surface area contributed by atoms with Crippen LogP contribution in [0.1, 0.15) is 24.3 Å². The van der Waals surface area contributed by atoms with Crippen LogP contribution in [-0.4, -0.2) is 24.5 Å². The van der Waals surface area contributed by atoms with E-state index in [1.807, 2.05) is 19.9 Å². The number of nitrogens with two attached hydrogens (primary N) is 1. The predicted octanol–water partition coefficient (Wildman–Crippen LogP) is 1.17. The van der Waals surface area contributed by atoms with Gasteiger partial charge in [0.25, 0.3) is 0 Å². The van der Waals surface area contributed by atoms with Crippen molar-refractivity contribution >= 4 is 17.2 Å². The molecule has 0 bridgehead atoms. The van der Waals surface area contributed by atoms with E-state index >= 15 is 0 Å². The first-order valence-corrected chi connectivity index (χ1v) is 5.70. The second kappa shape index (κ2) is 4.58. The number of hydrogen-bond donors (Lipinski definition) is 1. The fourth-order valence-corrected chi connectivity index (χ4v) is 1.74. The van der Waals surface area contributed by atoms with Crippen LogP contribution in [0.3, 0.4) is 0 Å². The molecular formula is C11H13N5S. The zero-order valence-electron chi connectivity index (χ0n) is 9.71. The molecule has 2 heterocycles. The standard InChI is InChI=1S/C11H13N5S/c1-3-8-6-9(15-7(2)14-8)16-5-4-13-11(16)10(12)17/h4-6H,3H2,1-2H3,(H2,12,17). The average Bonchev–Trinajstić information content (AvgIpc) is 2.77. The van der Waals surface area contributed by atoms with Crippen LogP contribution in [0.2, 0.25) is 0 Å². The average molecular weight is 247 g/mol. The van der Waals surface area contributed by atoms with Gasteiger partial charge in [0, 0.05) is 24.2 Å². The highest BCUT2D eigenvalue weighted by Crippen LogP contribution is 2.10. The van der Waals surface area contributed by atoms with Gasteiger partial charge in [-0.1, -0.05) is 19.1 Å². The maximum absolute atomic E-state index is 5.61. The van der Waals surface area contributed by atoms with Gasteiger partial charge in [0.15, 0.2) is 5.82 Å². The summed E-state index contributed by atoms with van der Waals surface area (Å²) in [4.78, 5) is 13.1. The zero-order chi connectivity index (χ0) is 12.4. The first-order chi connectivity index (χ1) is 8.11. The molecule has 0 atom stereocenters. The third-order valence-corrected chi connectivity index (χ3v) is 2.53. The van der Waals surface area contributed by atoms with E-state index in [1.165, 1.54) is 0 Å². The molecule has 0 unspecified atom stereocenters. The van der Waals surface area contributed by atoms with Gasteiger partial charge in [-0.15, -0.1) is 0 Å². The monoisotopic (exact) mass is 247 g/mol. The van der Waals surface area contributed by atoms with E-state index in [0.29, 0.717) is 5.82 Å². The minimum Gasteiger partial charge on any atom is -0.387 e. The lowest BCUT2D eigenvalue weighted by Crippen LogP contribution is -2.17. The SMILES string of the molecule is CCc1cc(-n2ccnc2C(N)=S)nc(C)n1. The molecule has 6 heteroatoms. The van der Waals surface area contributed by atoms with Gasteiger partial charge in [0.1, 0.15) is 16.6 Å². The number of hydrogen-bond acceptors (Lipinski definition) is 4. The van der Waals surface area contributed by atoms with Crippen LogP contribution in [-0.2, 0) is 6.42 Å². The van der Waals surface area contributed by atoms with E-state index in [9.17, 15) is 0 Å². The fraction of sp³-hybridized carbons (Fsp3) is 0.273.